The predicted octanol–water partition coefficient (Wildman–Crippen LogP) is 3.95. The Bertz CT molecular complexity index is 483. The standard InChI is InChI=1S/C17H24O2/c1-11-5-8-14(17(2,3)4)9-12(11)6-7-13-10-15(13)16(18)19/h5,8-9,13,15H,6-7,10H2,1-4H3,(H,18,19). The molecule has 0 aromatic heterocycles. The maximum atomic E-state index is 10.8. The van der Waals surface area contributed by atoms with E-state index in [9.17, 15) is 4.79 Å². The first-order chi connectivity index (χ1) is 8.79. The van der Waals surface area contributed by atoms with E-state index in [1.807, 2.05) is 0 Å². The quantitative estimate of drug-likeness (QED) is 0.890. The van der Waals surface area contributed by atoms with Crippen LogP contribution < -0.4 is 0 Å². The molecule has 1 aliphatic rings. The zero-order valence-electron chi connectivity index (χ0n) is 12.4. The molecule has 2 rings (SSSR count). The second-order valence-electron chi connectivity index (χ2n) is 6.87. The third-order valence-electron chi connectivity index (χ3n) is 4.24. The van der Waals surface area contributed by atoms with Gasteiger partial charge in [0.25, 0.3) is 0 Å². The fourth-order valence-corrected chi connectivity index (χ4v) is 2.62. The minimum Gasteiger partial charge on any atom is -0.481 e. The van der Waals surface area contributed by atoms with Crippen LogP contribution in [0.25, 0.3) is 0 Å². The lowest BCUT2D eigenvalue weighted by molar-refractivity contribution is -0.138. The van der Waals surface area contributed by atoms with Gasteiger partial charge < -0.3 is 5.11 Å². The molecule has 1 aliphatic carbocycles. The third kappa shape index (κ3) is 3.37. The maximum Gasteiger partial charge on any atom is 0.306 e. The van der Waals surface area contributed by atoms with Gasteiger partial charge in [-0.2, -0.15) is 0 Å². The zero-order chi connectivity index (χ0) is 14.2. The second-order valence-corrected chi connectivity index (χ2v) is 6.87. The highest BCUT2D eigenvalue weighted by Crippen LogP contribution is 2.42. The highest BCUT2D eigenvalue weighted by Gasteiger charge is 2.42. The number of rotatable bonds is 4. The monoisotopic (exact) mass is 260 g/mol. The summed E-state index contributed by atoms with van der Waals surface area (Å²) in [5, 5.41) is 8.93. The van der Waals surface area contributed by atoms with Crippen molar-refractivity contribution in [3.63, 3.8) is 0 Å². The van der Waals surface area contributed by atoms with E-state index in [1.54, 1.807) is 0 Å². The lowest BCUT2D eigenvalue weighted by Gasteiger charge is -2.21. The molecule has 1 aromatic rings. The zero-order valence-corrected chi connectivity index (χ0v) is 12.4. The first-order valence-electron chi connectivity index (χ1n) is 7.12. The summed E-state index contributed by atoms with van der Waals surface area (Å²) in [6, 6.07) is 6.70. The maximum absolute atomic E-state index is 10.8. The molecule has 2 unspecified atom stereocenters. The molecule has 1 aromatic carbocycles. The molecule has 0 bridgehead atoms. The lowest BCUT2D eigenvalue weighted by Crippen LogP contribution is -2.11. The molecule has 0 amide bonds. The second kappa shape index (κ2) is 4.99. The van der Waals surface area contributed by atoms with Crippen LogP contribution in [-0.2, 0) is 16.6 Å². The predicted molar refractivity (Wildman–Crippen MR) is 77.4 cm³/mol. The van der Waals surface area contributed by atoms with Gasteiger partial charge in [0.2, 0.25) is 0 Å². The van der Waals surface area contributed by atoms with Gasteiger partial charge in [0.05, 0.1) is 5.92 Å². The summed E-state index contributed by atoms with van der Waals surface area (Å²) in [5.41, 5.74) is 4.23. The van der Waals surface area contributed by atoms with Crippen molar-refractivity contribution in [1.29, 1.82) is 0 Å². The van der Waals surface area contributed by atoms with Crippen molar-refractivity contribution in [3.05, 3.63) is 34.9 Å². The van der Waals surface area contributed by atoms with Crippen molar-refractivity contribution in [2.24, 2.45) is 11.8 Å². The van der Waals surface area contributed by atoms with E-state index in [0.717, 1.165) is 19.3 Å². The number of hydrogen-bond acceptors (Lipinski definition) is 1. The van der Waals surface area contributed by atoms with E-state index >= 15 is 0 Å². The summed E-state index contributed by atoms with van der Waals surface area (Å²) >= 11 is 0. The fraction of sp³-hybridized carbons (Fsp3) is 0.588. The van der Waals surface area contributed by atoms with E-state index in [2.05, 4.69) is 45.9 Å². The van der Waals surface area contributed by atoms with Crippen LogP contribution in [0.4, 0.5) is 0 Å². The van der Waals surface area contributed by atoms with Gasteiger partial charge in [-0.1, -0.05) is 39.0 Å². The van der Waals surface area contributed by atoms with Crippen LogP contribution in [0.15, 0.2) is 18.2 Å². The van der Waals surface area contributed by atoms with Gasteiger partial charge in [-0.25, -0.2) is 0 Å². The molecule has 0 aliphatic heterocycles. The van der Waals surface area contributed by atoms with E-state index < -0.39 is 5.97 Å². The van der Waals surface area contributed by atoms with E-state index in [-0.39, 0.29) is 11.3 Å². The van der Waals surface area contributed by atoms with Gasteiger partial charge in [-0.15, -0.1) is 0 Å². The van der Waals surface area contributed by atoms with Gasteiger partial charge in [-0.3, -0.25) is 4.79 Å². The number of hydrogen-bond donors (Lipinski definition) is 1. The van der Waals surface area contributed by atoms with Crippen molar-refractivity contribution in [1.82, 2.24) is 0 Å². The number of aryl methyl sites for hydroxylation is 2. The lowest BCUT2D eigenvalue weighted by atomic mass is 9.84. The first kappa shape index (κ1) is 14.1. The minimum absolute atomic E-state index is 0.0777. The summed E-state index contributed by atoms with van der Waals surface area (Å²) in [6.45, 7) is 8.82. The Hall–Kier alpha value is -1.31. The van der Waals surface area contributed by atoms with E-state index in [4.69, 9.17) is 5.11 Å². The summed E-state index contributed by atoms with van der Waals surface area (Å²) < 4.78 is 0. The van der Waals surface area contributed by atoms with Crippen LogP contribution in [0.2, 0.25) is 0 Å². The van der Waals surface area contributed by atoms with Crippen LogP contribution in [0.3, 0.4) is 0 Å². The molecule has 1 saturated carbocycles. The molecule has 1 fully saturated rings. The number of aliphatic carboxylic acids is 1. The Morgan fingerprint density at radius 2 is 2.05 bits per heavy atom. The molecule has 0 saturated heterocycles. The summed E-state index contributed by atoms with van der Waals surface area (Å²) in [7, 11) is 0. The normalized spacial score (nSPS) is 22.3. The van der Waals surface area contributed by atoms with Crippen LogP contribution in [0, 0.1) is 18.8 Å². The third-order valence-corrected chi connectivity index (χ3v) is 4.24. The van der Waals surface area contributed by atoms with Crippen molar-refractivity contribution in [2.45, 2.75) is 52.4 Å². The molecule has 19 heavy (non-hydrogen) atoms. The molecule has 2 heteroatoms. The number of carboxylic acids is 1. The number of carboxylic acid groups (broad SMARTS) is 1. The molecule has 2 atom stereocenters. The Labute approximate surface area is 115 Å². The molecule has 2 nitrogen and oxygen atoms in total. The Balaban J connectivity index is 2.02. The van der Waals surface area contributed by atoms with E-state index in [1.165, 1.54) is 16.7 Å². The Morgan fingerprint density at radius 3 is 2.58 bits per heavy atom. The topological polar surface area (TPSA) is 37.3 Å². The van der Waals surface area contributed by atoms with Crippen molar-refractivity contribution >= 4 is 5.97 Å². The summed E-state index contributed by atoms with van der Waals surface area (Å²) in [4.78, 5) is 10.8. The highest BCUT2D eigenvalue weighted by molar-refractivity contribution is 5.73. The molecule has 0 spiro atoms. The molecule has 0 heterocycles. The molecule has 104 valence electrons. The average molecular weight is 260 g/mol. The first-order valence-corrected chi connectivity index (χ1v) is 7.12. The average Bonchev–Trinajstić information content (AvgIpc) is 3.06. The van der Waals surface area contributed by atoms with Crippen molar-refractivity contribution in [2.75, 3.05) is 0 Å². The van der Waals surface area contributed by atoms with Crippen molar-refractivity contribution < 1.29 is 9.90 Å². The van der Waals surface area contributed by atoms with Gasteiger partial charge in [0, 0.05) is 0 Å². The molecular weight excluding hydrogens is 236 g/mol. The van der Waals surface area contributed by atoms with Gasteiger partial charge in [-0.05, 0) is 54.2 Å². The van der Waals surface area contributed by atoms with E-state index in [0.29, 0.717) is 5.92 Å². The highest BCUT2D eigenvalue weighted by atomic mass is 16.4. The van der Waals surface area contributed by atoms with Crippen molar-refractivity contribution in [3.8, 4) is 0 Å². The molecule has 1 N–H and O–H groups in total. The van der Waals surface area contributed by atoms with Crippen LogP contribution in [-0.4, -0.2) is 11.1 Å². The smallest absolute Gasteiger partial charge is 0.306 e. The summed E-state index contributed by atoms with van der Waals surface area (Å²) in [6.07, 6.45) is 2.88. The van der Waals surface area contributed by atoms with Gasteiger partial charge in [0.1, 0.15) is 0 Å². The minimum atomic E-state index is -0.620. The summed E-state index contributed by atoms with van der Waals surface area (Å²) in [5.74, 6) is -0.300. The van der Waals surface area contributed by atoms with Crippen LogP contribution in [0.1, 0.15) is 50.3 Å². The van der Waals surface area contributed by atoms with Crippen LogP contribution in [0.5, 0.6) is 0 Å². The number of benzene rings is 1. The SMILES string of the molecule is Cc1ccc(C(C)(C)C)cc1CCC1CC1C(=O)O. The van der Waals surface area contributed by atoms with Gasteiger partial charge in [0.15, 0.2) is 0 Å². The Kier molecular flexibility index (Phi) is 3.71. The van der Waals surface area contributed by atoms with Gasteiger partial charge >= 0.3 is 5.97 Å². The molecular formula is C17H24O2. The molecule has 0 radical (unpaired) electrons. The fourth-order valence-electron chi connectivity index (χ4n) is 2.62. The number of carbonyl (C=O) groups is 1. The Morgan fingerprint density at radius 1 is 1.37 bits per heavy atom. The largest absolute Gasteiger partial charge is 0.481 e. The van der Waals surface area contributed by atoms with Crippen LogP contribution >= 0.6 is 0 Å².